The second kappa shape index (κ2) is 5.99. The van der Waals surface area contributed by atoms with Gasteiger partial charge in [0.05, 0.1) is 21.3 Å². The molecule has 0 aliphatic carbocycles. The zero-order valence-electron chi connectivity index (χ0n) is 10.7. The molecule has 0 radical (unpaired) electrons. The molecule has 0 saturated heterocycles. The Kier molecular flexibility index (Phi) is 5.13. The number of hydrogen-bond donors (Lipinski definition) is 1. The third kappa shape index (κ3) is 3.22. The van der Waals surface area contributed by atoms with Crippen molar-refractivity contribution in [2.45, 2.75) is 26.8 Å². The fourth-order valence-electron chi connectivity index (χ4n) is 1.59. The molecule has 6 heteroatoms. The van der Waals surface area contributed by atoms with Gasteiger partial charge in [-0.05, 0) is 25.5 Å². The third-order valence-corrected chi connectivity index (χ3v) is 4.76. The van der Waals surface area contributed by atoms with Gasteiger partial charge in [-0.2, -0.15) is 0 Å². The Morgan fingerprint density at radius 1 is 1.61 bits per heavy atom. The van der Waals surface area contributed by atoms with Crippen LogP contribution in [0.5, 0.6) is 0 Å². The van der Waals surface area contributed by atoms with Crippen LogP contribution in [0.4, 0.5) is 0 Å². The van der Waals surface area contributed by atoms with E-state index in [1.54, 1.807) is 18.9 Å². The van der Waals surface area contributed by atoms with E-state index in [-0.39, 0.29) is 10.9 Å². The molecule has 2 N–H and O–H groups in total. The van der Waals surface area contributed by atoms with Gasteiger partial charge in [-0.1, -0.05) is 30.7 Å². The van der Waals surface area contributed by atoms with Crippen molar-refractivity contribution >= 4 is 46.1 Å². The van der Waals surface area contributed by atoms with Gasteiger partial charge in [0.25, 0.3) is 0 Å². The minimum absolute atomic E-state index is 0.0537. The molecule has 1 rings (SSSR count). The zero-order valence-corrected chi connectivity index (χ0v) is 13.1. The second-order valence-corrected chi connectivity index (χ2v) is 6.66. The predicted molar refractivity (Wildman–Crippen MR) is 81.0 cm³/mol. The highest BCUT2D eigenvalue weighted by molar-refractivity contribution is 7.80. The van der Waals surface area contributed by atoms with E-state index in [0.717, 1.165) is 9.21 Å². The van der Waals surface area contributed by atoms with Crippen LogP contribution >= 0.6 is 35.2 Å². The van der Waals surface area contributed by atoms with Crippen molar-refractivity contribution in [3.8, 4) is 0 Å². The first-order valence-electron chi connectivity index (χ1n) is 5.61. The van der Waals surface area contributed by atoms with Gasteiger partial charge in [0.2, 0.25) is 5.91 Å². The molecule has 0 aliphatic rings. The number of thiocarbonyl (C=S) groups is 1. The summed E-state index contributed by atoms with van der Waals surface area (Å²) >= 11 is 12.3. The highest BCUT2D eigenvalue weighted by atomic mass is 35.5. The molecule has 1 unspecified atom stereocenters. The summed E-state index contributed by atoms with van der Waals surface area (Å²) in [7, 11) is 1.75. The van der Waals surface area contributed by atoms with Gasteiger partial charge < -0.3 is 10.6 Å². The maximum absolute atomic E-state index is 12.4. The number of nitrogens with two attached hydrogens (primary N) is 1. The Morgan fingerprint density at radius 2 is 2.22 bits per heavy atom. The Bertz CT molecular complexity index is 461. The fraction of sp³-hybridized carbons (Fsp3) is 0.500. The van der Waals surface area contributed by atoms with Crippen molar-refractivity contribution in [1.29, 1.82) is 0 Å². The van der Waals surface area contributed by atoms with Gasteiger partial charge in [0.1, 0.15) is 0 Å². The molecule has 0 bridgehead atoms. The van der Waals surface area contributed by atoms with E-state index in [9.17, 15) is 4.79 Å². The van der Waals surface area contributed by atoms with Gasteiger partial charge in [0.15, 0.2) is 0 Å². The molecule has 1 aromatic rings. The molecule has 0 aromatic carbocycles. The summed E-state index contributed by atoms with van der Waals surface area (Å²) < 4.78 is 0.721. The van der Waals surface area contributed by atoms with Gasteiger partial charge in [-0.15, -0.1) is 11.3 Å². The van der Waals surface area contributed by atoms with E-state index in [2.05, 4.69) is 0 Å². The molecule has 0 aliphatic heterocycles. The van der Waals surface area contributed by atoms with Crippen molar-refractivity contribution in [3.05, 3.63) is 21.3 Å². The number of thiophene rings is 1. The van der Waals surface area contributed by atoms with Crippen LogP contribution in [0.25, 0.3) is 0 Å². The molecular formula is C12H17ClN2OS2. The van der Waals surface area contributed by atoms with E-state index < -0.39 is 5.41 Å². The lowest BCUT2D eigenvalue weighted by Gasteiger charge is -2.30. The van der Waals surface area contributed by atoms with E-state index in [0.29, 0.717) is 13.0 Å². The number of rotatable bonds is 5. The van der Waals surface area contributed by atoms with Crippen molar-refractivity contribution in [1.82, 2.24) is 4.90 Å². The number of carbonyl (C=O) groups excluding carboxylic acids is 1. The Balaban J connectivity index is 2.80. The van der Waals surface area contributed by atoms with E-state index in [1.165, 1.54) is 11.3 Å². The smallest absolute Gasteiger partial charge is 0.235 e. The maximum Gasteiger partial charge on any atom is 0.235 e. The third-order valence-electron chi connectivity index (χ3n) is 3.09. The molecule has 0 saturated carbocycles. The normalized spacial score (nSPS) is 14.0. The lowest BCUT2D eigenvalue weighted by atomic mass is 9.86. The summed E-state index contributed by atoms with van der Waals surface area (Å²) in [4.78, 5) is 15.3. The number of nitrogens with zero attached hydrogens (tertiary/aromatic N) is 1. The Labute approximate surface area is 122 Å². The summed E-state index contributed by atoms with van der Waals surface area (Å²) in [5.41, 5.74) is 4.91. The summed E-state index contributed by atoms with van der Waals surface area (Å²) in [5, 5.41) is 0. The van der Waals surface area contributed by atoms with E-state index >= 15 is 0 Å². The van der Waals surface area contributed by atoms with Gasteiger partial charge in [0, 0.05) is 11.9 Å². The molecule has 100 valence electrons. The number of carbonyl (C=O) groups is 1. The molecule has 1 amide bonds. The summed E-state index contributed by atoms with van der Waals surface area (Å²) in [6.07, 6.45) is 0.594. The summed E-state index contributed by atoms with van der Waals surface area (Å²) in [6.45, 7) is 4.22. The first-order chi connectivity index (χ1) is 8.31. The first-order valence-corrected chi connectivity index (χ1v) is 7.21. The van der Waals surface area contributed by atoms with Crippen LogP contribution in [0, 0.1) is 5.41 Å². The summed E-state index contributed by atoms with van der Waals surface area (Å²) in [5.74, 6) is -0.0537. The lowest BCUT2D eigenvalue weighted by molar-refractivity contribution is -0.136. The predicted octanol–water partition coefficient (Wildman–Crippen LogP) is 3.06. The van der Waals surface area contributed by atoms with Crippen LogP contribution in [-0.4, -0.2) is 22.8 Å². The maximum atomic E-state index is 12.4. The van der Waals surface area contributed by atoms with Crippen LogP contribution in [0.2, 0.25) is 4.34 Å². The SMILES string of the molecule is CCC(C)(C(=O)N(C)Cc1ccc(Cl)s1)C(N)=S. The molecular weight excluding hydrogens is 288 g/mol. The highest BCUT2D eigenvalue weighted by Crippen LogP contribution is 2.27. The minimum Gasteiger partial charge on any atom is -0.392 e. The van der Waals surface area contributed by atoms with Crippen molar-refractivity contribution in [2.75, 3.05) is 7.05 Å². The second-order valence-electron chi connectivity index (χ2n) is 4.42. The molecule has 3 nitrogen and oxygen atoms in total. The van der Waals surface area contributed by atoms with Crippen LogP contribution in [0.1, 0.15) is 25.1 Å². The molecule has 1 aromatic heterocycles. The molecule has 0 fully saturated rings. The lowest BCUT2D eigenvalue weighted by Crippen LogP contribution is -2.46. The van der Waals surface area contributed by atoms with Crippen LogP contribution in [-0.2, 0) is 11.3 Å². The largest absolute Gasteiger partial charge is 0.392 e. The van der Waals surface area contributed by atoms with Crippen LogP contribution < -0.4 is 5.73 Å². The van der Waals surface area contributed by atoms with Gasteiger partial charge in [-0.25, -0.2) is 0 Å². The van der Waals surface area contributed by atoms with Crippen molar-refractivity contribution in [2.24, 2.45) is 11.1 Å². The van der Waals surface area contributed by atoms with Crippen molar-refractivity contribution < 1.29 is 4.79 Å². The average Bonchev–Trinajstić information content (AvgIpc) is 2.72. The highest BCUT2D eigenvalue weighted by Gasteiger charge is 2.36. The molecule has 0 spiro atoms. The zero-order chi connectivity index (χ0) is 13.9. The average molecular weight is 305 g/mol. The molecule has 1 heterocycles. The number of hydrogen-bond acceptors (Lipinski definition) is 3. The minimum atomic E-state index is -0.773. The quantitative estimate of drug-likeness (QED) is 0.850. The van der Waals surface area contributed by atoms with Crippen molar-refractivity contribution in [3.63, 3.8) is 0 Å². The number of amides is 1. The van der Waals surface area contributed by atoms with Gasteiger partial charge >= 0.3 is 0 Å². The molecule has 1 atom stereocenters. The van der Waals surface area contributed by atoms with Crippen LogP contribution in [0.15, 0.2) is 12.1 Å². The fourth-order valence-corrected chi connectivity index (χ4v) is 2.97. The van der Waals surface area contributed by atoms with Crippen LogP contribution in [0.3, 0.4) is 0 Å². The first kappa shape index (κ1) is 15.4. The van der Waals surface area contributed by atoms with E-state index in [1.807, 2.05) is 19.1 Å². The Hall–Kier alpha value is -0.650. The monoisotopic (exact) mass is 304 g/mol. The van der Waals surface area contributed by atoms with E-state index in [4.69, 9.17) is 29.6 Å². The topological polar surface area (TPSA) is 46.3 Å². The number of halogens is 1. The summed E-state index contributed by atoms with van der Waals surface area (Å²) in [6, 6.07) is 3.74. The molecule has 18 heavy (non-hydrogen) atoms. The Morgan fingerprint density at radius 3 is 2.61 bits per heavy atom. The van der Waals surface area contributed by atoms with Gasteiger partial charge in [-0.3, -0.25) is 4.79 Å². The standard InChI is InChI=1S/C12H17ClN2OS2/c1-4-12(2,10(14)17)11(16)15(3)7-8-5-6-9(13)18-8/h5-6H,4,7H2,1-3H3,(H2,14,17).